The third kappa shape index (κ3) is 4.32. The van der Waals surface area contributed by atoms with E-state index in [0.717, 1.165) is 17.3 Å². The van der Waals surface area contributed by atoms with Crippen LogP contribution < -0.4 is 5.32 Å². The van der Waals surface area contributed by atoms with Crippen LogP contribution in [0.3, 0.4) is 0 Å². The molecule has 4 heteroatoms. The fourth-order valence-corrected chi connectivity index (χ4v) is 2.85. The third-order valence-electron chi connectivity index (χ3n) is 3.53. The Hall–Kier alpha value is -0.870. The summed E-state index contributed by atoms with van der Waals surface area (Å²) >= 11 is 3.50. The van der Waals surface area contributed by atoms with Gasteiger partial charge in [-0.3, -0.25) is 4.79 Å². The normalized spacial score (nSPS) is 21.8. The molecule has 1 aromatic rings. The van der Waals surface area contributed by atoms with Gasteiger partial charge in [-0.25, -0.2) is 0 Å². The molecule has 1 saturated carbocycles. The molecule has 3 nitrogen and oxygen atoms in total. The van der Waals surface area contributed by atoms with Crippen molar-refractivity contribution in [2.75, 3.05) is 13.2 Å². The van der Waals surface area contributed by atoms with Gasteiger partial charge in [0.25, 0.3) is 0 Å². The lowest BCUT2D eigenvalue weighted by atomic mass is 9.76. The number of hydrogen-bond donors (Lipinski definition) is 1. The Labute approximate surface area is 122 Å². The molecule has 1 aliphatic carbocycles. The molecular formula is C15H20BrNO2. The monoisotopic (exact) mass is 325 g/mol. The van der Waals surface area contributed by atoms with Crippen molar-refractivity contribution in [1.82, 2.24) is 5.32 Å². The van der Waals surface area contributed by atoms with Crippen LogP contribution in [0.4, 0.5) is 0 Å². The molecule has 104 valence electrons. The molecule has 0 atom stereocenters. The molecule has 0 saturated heterocycles. The molecular weight excluding hydrogens is 306 g/mol. The van der Waals surface area contributed by atoms with Crippen molar-refractivity contribution in [3.05, 3.63) is 34.3 Å². The molecule has 0 heterocycles. The summed E-state index contributed by atoms with van der Waals surface area (Å²) in [4.78, 5) is 11.2. The first kappa shape index (κ1) is 14.5. The van der Waals surface area contributed by atoms with E-state index in [-0.39, 0.29) is 5.97 Å². The number of halogens is 1. The highest BCUT2D eigenvalue weighted by Crippen LogP contribution is 2.37. The Morgan fingerprint density at radius 2 is 2.26 bits per heavy atom. The predicted molar refractivity (Wildman–Crippen MR) is 79.2 cm³/mol. The van der Waals surface area contributed by atoms with Crippen LogP contribution in [-0.4, -0.2) is 25.2 Å². The number of rotatable bonds is 6. The van der Waals surface area contributed by atoms with Gasteiger partial charge in [-0.05, 0) is 43.4 Å². The van der Waals surface area contributed by atoms with Gasteiger partial charge in [0.15, 0.2) is 0 Å². The molecule has 0 unspecified atom stereocenters. The minimum atomic E-state index is -0.113. The number of benzene rings is 1. The Bertz CT molecular complexity index is 430. The zero-order chi connectivity index (χ0) is 13.7. The fraction of sp³-hybridized carbons (Fsp3) is 0.533. The van der Waals surface area contributed by atoms with Gasteiger partial charge in [0.1, 0.15) is 0 Å². The molecule has 1 N–H and O–H groups in total. The van der Waals surface area contributed by atoms with Gasteiger partial charge < -0.3 is 10.1 Å². The summed E-state index contributed by atoms with van der Waals surface area (Å²) in [6.07, 6.45) is 2.77. The van der Waals surface area contributed by atoms with Crippen LogP contribution in [0.15, 0.2) is 28.7 Å². The second-order valence-electron chi connectivity index (χ2n) is 4.93. The summed E-state index contributed by atoms with van der Waals surface area (Å²) < 4.78 is 6.04. The maximum atomic E-state index is 11.2. The van der Waals surface area contributed by atoms with Crippen LogP contribution in [0, 0.1) is 0 Å². The van der Waals surface area contributed by atoms with Crippen LogP contribution in [0.2, 0.25) is 0 Å². The molecule has 0 aromatic heterocycles. The minimum Gasteiger partial charge on any atom is -0.466 e. The van der Waals surface area contributed by atoms with Crippen molar-refractivity contribution in [3.63, 3.8) is 0 Å². The van der Waals surface area contributed by atoms with Crippen molar-refractivity contribution in [2.45, 2.75) is 38.1 Å². The highest BCUT2D eigenvalue weighted by atomic mass is 79.9. The van der Waals surface area contributed by atoms with Crippen molar-refractivity contribution in [3.8, 4) is 0 Å². The van der Waals surface area contributed by atoms with Crippen LogP contribution >= 0.6 is 15.9 Å². The summed E-state index contributed by atoms with van der Waals surface area (Å²) in [5.74, 6) is 0.537. The summed E-state index contributed by atoms with van der Waals surface area (Å²) in [7, 11) is 0. The van der Waals surface area contributed by atoms with E-state index in [2.05, 4.69) is 45.5 Å². The maximum absolute atomic E-state index is 11.2. The van der Waals surface area contributed by atoms with Gasteiger partial charge >= 0.3 is 5.97 Å². The highest BCUT2D eigenvalue weighted by Gasteiger charge is 2.29. The first-order valence-electron chi connectivity index (χ1n) is 6.83. The summed E-state index contributed by atoms with van der Waals surface area (Å²) in [6, 6.07) is 9.06. The molecule has 0 spiro atoms. The standard InChI is InChI=1S/C15H20BrNO2/c1-2-19-15(18)6-7-17-14-9-12(10-14)11-4-3-5-13(16)8-11/h3-5,8,12,14,17H,2,6-7,9-10H2,1H3. The molecule has 0 amide bonds. The van der Waals surface area contributed by atoms with Gasteiger partial charge in [-0.1, -0.05) is 28.1 Å². The topological polar surface area (TPSA) is 38.3 Å². The minimum absolute atomic E-state index is 0.113. The predicted octanol–water partition coefficient (Wildman–Crippen LogP) is 3.24. The summed E-state index contributed by atoms with van der Waals surface area (Å²) in [5, 5.41) is 3.41. The van der Waals surface area contributed by atoms with Gasteiger partial charge in [-0.15, -0.1) is 0 Å². The number of esters is 1. The van der Waals surface area contributed by atoms with Crippen LogP contribution in [0.1, 0.15) is 37.7 Å². The smallest absolute Gasteiger partial charge is 0.307 e. The molecule has 0 radical (unpaired) electrons. The molecule has 2 rings (SSSR count). The van der Waals surface area contributed by atoms with Crippen LogP contribution in [-0.2, 0) is 9.53 Å². The molecule has 0 bridgehead atoms. The largest absolute Gasteiger partial charge is 0.466 e. The van der Waals surface area contributed by atoms with E-state index >= 15 is 0 Å². The molecule has 1 aromatic carbocycles. The Kier molecular flexibility index (Phi) is 5.40. The van der Waals surface area contributed by atoms with E-state index in [0.29, 0.717) is 31.5 Å². The number of carbonyl (C=O) groups is 1. The second-order valence-corrected chi connectivity index (χ2v) is 5.85. The van der Waals surface area contributed by atoms with E-state index in [1.807, 2.05) is 6.92 Å². The van der Waals surface area contributed by atoms with Crippen LogP contribution in [0.25, 0.3) is 0 Å². The first-order chi connectivity index (χ1) is 9.19. The third-order valence-corrected chi connectivity index (χ3v) is 4.02. The number of nitrogens with one attached hydrogen (secondary N) is 1. The number of ether oxygens (including phenoxy) is 1. The fourth-order valence-electron chi connectivity index (χ4n) is 2.43. The Balaban J connectivity index is 1.65. The van der Waals surface area contributed by atoms with Crippen LogP contribution in [0.5, 0.6) is 0 Å². The summed E-state index contributed by atoms with van der Waals surface area (Å²) in [5.41, 5.74) is 1.40. The van der Waals surface area contributed by atoms with Gasteiger partial charge in [0.2, 0.25) is 0 Å². The van der Waals surface area contributed by atoms with Crippen molar-refractivity contribution in [2.24, 2.45) is 0 Å². The SMILES string of the molecule is CCOC(=O)CCNC1CC(c2cccc(Br)c2)C1. The molecule has 19 heavy (non-hydrogen) atoms. The van der Waals surface area contributed by atoms with E-state index in [1.165, 1.54) is 5.56 Å². The van der Waals surface area contributed by atoms with Crippen molar-refractivity contribution < 1.29 is 9.53 Å². The van der Waals surface area contributed by atoms with E-state index in [9.17, 15) is 4.79 Å². The van der Waals surface area contributed by atoms with Gasteiger partial charge in [-0.2, -0.15) is 0 Å². The van der Waals surface area contributed by atoms with Crippen molar-refractivity contribution in [1.29, 1.82) is 0 Å². The number of carbonyl (C=O) groups excluding carboxylic acids is 1. The second kappa shape index (κ2) is 7.06. The lowest BCUT2D eigenvalue weighted by Crippen LogP contribution is -2.41. The van der Waals surface area contributed by atoms with Gasteiger partial charge in [0.05, 0.1) is 13.0 Å². The quantitative estimate of drug-likeness (QED) is 0.816. The Morgan fingerprint density at radius 3 is 2.95 bits per heavy atom. The highest BCUT2D eigenvalue weighted by molar-refractivity contribution is 9.10. The summed E-state index contributed by atoms with van der Waals surface area (Å²) in [6.45, 7) is 3.02. The van der Waals surface area contributed by atoms with E-state index in [4.69, 9.17) is 4.74 Å². The molecule has 1 fully saturated rings. The molecule has 1 aliphatic rings. The molecule has 0 aliphatic heterocycles. The zero-order valence-electron chi connectivity index (χ0n) is 11.2. The zero-order valence-corrected chi connectivity index (χ0v) is 12.8. The lowest BCUT2D eigenvalue weighted by Gasteiger charge is -2.36. The van der Waals surface area contributed by atoms with Gasteiger partial charge in [0, 0.05) is 17.1 Å². The van der Waals surface area contributed by atoms with E-state index < -0.39 is 0 Å². The Morgan fingerprint density at radius 1 is 1.47 bits per heavy atom. The number of hydrogen-bond acceptors (Lipinski definition) is 3. The lowest BCUT2D eigenvalue weighted by molar-refractivity contribution is -0.143. The maximum Gasteiger partial charge on any atom is 0.307 e. The van der Waals surface area contributed by atoms with E-state index in [1.54, 1.807) is 0 Å². The average molecular weight is 326 g/mol. The first-order valence-corrected chi connectivity index (χ1v) is 7.62. The average Bonchev–Trinajstić information content (AvgIpc) is 2.32. The van der Waals surface area contributed by atoms with Crippen molar-refractivity contribution >= 4 is 21.9 Å².